The van der Waals surface area contributed by atoms with Crippen LogP contribution in [0.15, 0.2) is 23.1 Å². The van der Waals surface area contributed by atoms with Crippen molar-refractivity contribution in [2.24, 2.45) is 7.05 Å². The van der Waals surface area contributed by atoms with E-state index < -0.39 is 22.1 Å². The number of aryl methyl sites for hydroxylation is 2. The fraction of sp³-hybridized carbons (Fsp3) is 0.609. The van der Waals surface area contributed by atoms with Crippen LogP contribution in [0.25, 0.3) is 11.0 Å². The Kier molecular flexibility index (Phi) is 7.54. The third-order valence-electron chi connectivity index (χ3n) is 6.43. The Morgan fingerprint density at radius 2 is 1.82 bits per heavy atom. The van der Waals surface area contributed by atoms with Crippen molar-refractivity contribution >= 4 is 32.9 Å². The van der Waals surface area contributed by atoms with Crippen LogP contribution in [-0.4, -0.2) is 84.5 Å². The molecule has 34 heavy (non-hydrogen) atoms. The number of hydrogen-bond donors (Lipinski definition) is 0. The fourth-order valence-corrected chi connectivity index (χ4v) is 5.87. The van der Waals surface area contributed by atoms with Crippen LogP contribution in [-0.2, 0) is 42.6 Å². The molecule has 1 amide bonds. The average molecular weight is 493 g/mol. The van der Waals surface area contributed by atoms with Gasteiger partial charge in [0, 0.05) is 39.6 Å². The number of esters is 1. The molecule has 0 aliphatic carbocycles. The molecule has 3 heterocycles. The molecule has 1 aromatic carbocycles. The smallest absolute Gasteiger partial charge is 0.307 e. The Morgan fingerprint density at radius 1 is 1.12 bits per heavy atom. The van der Waals surface area contributed by atoms with Crippen LogP contribution < -0.4 is 0 Å². The Balaban J connectivity index is 1.39. The van der Waals surface area contributed by atoms with E-state index in [1.807, 2.05) is 11.6 Å². The number of piperidine rings is 1. The van der Waals surface area contributed by atoms with Gasteiger partial charge in [-0.1, -0.05) is 0 Å². The van der Waals surface area contributed by atoms with Crippen molar-refractivity contribution in [3.63, 3.8) is 0 Å². The predicted molar refractivity (Wildman–Crippen MR) is 125 cm³/mol. The van der Waals surface area contributed by atoms with Crippen molar-refractivity contribution < 1.29 is 27.5 Å². The molecule has 186 valence electrons. The maximum atomic E-state index is 13.0. The number of carbonyl (C=O) groups is 2. The second kappa shape index (κ2) is 10.4. The zero-order chi connectivity index (χ0) is 24.3. The molecule has 2 aliphatic heterocycles. The van der Waals surface area contributed by atoms with Gasteiger partial charge in [0.15, 0.2) is 6.10 Å². The highest BCUT2D eigenvalue weighted by Crippen LogP contribution is 2.23. The summed E-state index contributed by atoms with van der Waals surface area (Å²) in [5.41, 5.74) is 1.33. The predicted octanol–water partition coefficient (Wildman–Crippen LogP) is 1.47. The topological polar surface area (TPSA) is 111 Å². The van der Waals surface area contributed by atoms with Gasteiger partial charge in [0.2, 0.25) is 10.0 Å². The number of ether oxygens (including phenoxy) is 2. The van der Waals surface area contributed by atoms with Gasteiger partial charge in [-0.2, -0.15) is 4.31 Å². The second-order valence-electron chi connectivity index (χ2n) is 8.77. The number of likely N-dealkylation sites (tertiary alicyclic amines) is 1. The number of nitrogens with zero attached hydrogens (tertiary/aromatic N) is 4. The van der Waals surface area contributed by atoms with Gasteiger partial charge in [0.25, 0.3) is 5.91 Å². The minimum Gasteiger partial charge on any atom is -0.453 e. The first kappa shape index (κ1) is 24.6. The minimum atomic E-state index is -3.62. The molecule has 0 bridgehead atoms. The standard InChI is InChI=1S/C23H32N4O6S/c1-17(23(29)26-10-4-3-5-11-26)33-22(28)9-8-21-24-19-16-18(6-7-20(19)25(21)2)34(30,31)27-12-14-32-15-13-27/h6-7,16-17H,3-5,8-15H2,1-2H3/t17-/m1/s1. The summed E-state index contributed by atoms with van der Waals surface area (Å²) in [5, 5.41) is 0. The maximum Gasteiger partial charge on any atom is 0.307 e. The zero-order valence-electron chi connectivity index (χ0n) is 19.7. The molecule has 11 heteroatoms. The van der Waals surface area contributed by atoms with Crippen molar-refractivity contribution in [3.8, 4) is 0 Å². The molecule has 1 atom stereocenters. The lowest BCUT2D eigenvalue weighted by atomic mass is 10.1. The Hall–Kier alpha value is -2.50. The van der Waals surface area contributed by atoms with Gasteiger partial charge in [-0.25, -0.2) is 13.4 Å². The summed E-state index contributed by atoms with van der Waals surface area (Å²) in [4.78, 5) is 31.4. The van der Waals surface area contributed by atoms with Gasteiger partial charge in [-0.15, -0.1) is 0 Å². The van der Waals surface area contributed by atoms with Gasteiger partial charge in [-0.05, 0) is 44.4 Å². The van der Waals surface area contributed by atoms with Crippen LogP contribution in [0.3, 0.4) is 0 Å². The summed E-state index contributed by atoms with van der Waals surface area (Å²) in [6.07, 6.45) is 2.67. The first-order chi connectivity index (χ1) is 16.3. The van der Waals surface area contributed by atoms with E-state index in [0.29, 0.717) is 57.2 Å². The lowest BCUT2D eigenvalue weighted by Gasteiger charge is -2.28. The third kappa shape index (κ3) is 5.26. The normalized spacial score (nSPS) is 18.7. The summed E-state index contributed by atoms with van der Waals surface area (Å²) >= 11 is 0. The fourth-order valence-electron chi connectivity index (χ4n) is 4.44. The van der Waals surface area contributed by atoms with E-state index in [9.17, 15) is 18.0 Å². The Labute approximate surface area is 199 Å². The van der Waals surface area contributed by atoms with Crippen LogP contribution in [0.2, 0.25) is 0 Å². The number of fused-ring (bicyclic) bond motifs is 1. The first-order valence-corrected chi connectivity index (χ1v) is 13.2. The number of imidazole rings is 1. The van der Waals surface area contributed by atoms with Crippen molar-refractivity contribution in [3.05, 3.63) is 24.0 Å². The van der Waals surface area contributed by atoms with Crippen molar-refractivity contribution in [1.29, 1.82) is 0 Å². The quantitative estimate of drug-likeness (QED) is 0.538. The highest BCUT2D eigenvalue weighted by atomic mass is 32.2. The van der Waals surface area contributed by atoms with E-state index in [0.717, 1.165) is 24.8 Å². The van der Waals surface area contributed by atoms with E-state index in [-0.39, 0.29) is 17.2 Å². The van der Waals surface area contributed by atoms with Crippen LogP contribution in [0.4, 0.5) is 0 Å². The average Bonchev–Trinajstić information content (AvgIpc) is 3.18. The van der Waals surface area contributed by atoms with Crippen molar-refractivity contribution in [1.82, 2.24) is 18.8 Å². The molecule has 0 spiro atoms. The molecule has 10 nitrogen and oxygen atoms in total. The summed E-state index contributed by atoms with van der Waals surface area (Å²) in [6.45, 7) is 4.46. The van der Waals surface area contributed by atoms with Crippen LogP contribution >= 0.6 is 0 Å². The van der Waals surface area contributed by atoms with E-state index in [4.69, 9.17) is 9.47 Å². The Bertz CT molecular complexity index is 1150. The van der Waals surface area contributed by atoms with Crippen molar-refractivity contribution in [2.45, 2.75) is 50.0 Å². The Morgan fingerprint density at radius 3 is 2.53 bits per heavy atom. The number of rotatable bonds is 7. The number of aromatic nitrogens is 2. The number of sulfonamides is 1. The number of benzene rings is 1. The summed E-state index contributed by atoms with van der Waals surface area (Å²) in [5.74, 6) is 0.0353. The lowest BCUT2D eigenvalue weighted by Crippen LogP contribution is -2.42. The molecule has 0 radical (unpaired) electrons. The molecule has 0 saturated carbocycles. The van der Waals surface area contributed by atoms with Crippen LogP contribution in [0.1, 0.15) is 38.4 Å². The molecule has 2 fully saturated rings. The molecular weight excluding hydrogens is 460 g/mol. The molecule has 0 unspecified atom stereocenters. The zero-order valence-corrected chi connectivity index (χ0v) is 20.6. The maximum absolute atomic E-state index is 13.0. The summed E-state index contributed by atoms with van der Waals surface area (Å²) < 4.78 is 39.8. The number of carbonyl (C=O) groups excluding carboxylic acids is 2. The molecule has 1 aromatic heterocycles. The van der Waals surface area contributed by atoms with Gasteiger partial charge in [0.05, 0.1) is 35.6 Å². The third-order valence-corrected chi connectivity index (χ3v) is 8.32. The largest absolute Gasteiger partial charge is 0.453 e. The molecular formula is C23H32N4O6S. The van der Waals surface area contributed by atoms with E-state index >= 15 is 0 Å². The van der Waals surface area contributed by atoms with Crippen LogP contribution in [0, 0.1) is 0 Å². The molecule has 4 rings (SSSR count). The molecule has 2 aliphatic rings. The van der Waals surface area contributed by atoms with Gasteiger partial charge in [0.1, 0.15) is 5.82 Å². The van der Waals surface area contributed by atoms with Gasteiger partial charge >= 0.3 is 5.97 Å². The SMILES string of the molecule is C[C@@H](OC(=O)CCc1nc2cc(S(=O)(=O)N3CCOCC3)ccc2n1C)C(=O)N1CCCCC1. The van der Waals surface area contributed by atoms with E-state index in [1.54, 1.807) is 30.0 Å². The highest BCUT2D eigenvalue weighted by Gasteiger charge is 2.27. The molecule has 0 N–H and O–H groups in total. The van der Waals surface area contributed by atoms with Crippen molar-refractivity contribution in [2.75, 3.05) is 39.4 Å². The first-order valence-electron chi connectivity index (χ1n) is 11.8. The molecule has 2 aromatic rings. The number of amides is 1. The van der Waals surface area contributed by atoms with E-state index in [2.05, 4.69) is 4.98 Å². The monoisotopic (exact) mass is 492 g/mol. The van der Waals surface area contributed by atoms with Crippen LogP contribution in [0.5, 0.6) is 0 Å². The van der Waals surface area contributed by atoms with Gasteiger partial charge in [-0.3, -0.25) is 9.59 Å². The lowest BCUT2D eigenvalue weighted by molar-refractivity contribution is -0.159. The van der Waals surface area contributed by atoms with E-state index in [1.165, 1.54) is 4.31 Å². The van der Waals surface area contributed by atoms with Gasteiger partial charge < -0.3 is 18.9 Å². The highest BCUT2D eigenvalue weighted by molar-refractivity contribution is 7.89. The molecule has 2 saturated heterocycles. The summed E-state index contributed by atoms with van der Waals surface area (Å²) in [6, 6.07) is 4.89. The number of morpholine rings is 1. The number of hydrogen-bond acceptors (Lipinski definition) is 7. The second-order valence-corrected chi connectivity index (χ2v) is 10.7. The summed E-state index contributed by atoms with van der Waals surface area (Å²) in [7, 11) is -1.79. The minimum absolute atomic E-state index is 0.0771.